The molecule has 0 aliphatic heterocycles. The van der Waals surface area contributed by atoms with E-state index in [4.69, 9.17) is 0 Å². The van der Waals surface area contributed by atoms with Crippen molar-refractivity contribution in [1.82, 2.24) is 0 Å². The maximum Gasteiger partial charge on any atom is 0.0542 e. The first-order chi connectivity index (χ1) is 9.65. The third kappa shape index (κ3) is 25.0. The minimum Gasteiger partial charge on any atom is -0.393 e. The molecule has 0 radical (unpaired) electrons. The van der Waals surface area contributed by atoms with Crippen LogP contribution in [0.2, 0.25) is 0 Å². The molecule has 0 amide bonds. The zero-order valence-corrected chi connectivity index (χ0v) is 16.0. The average molecular weight is 299 g/mol. The lowest BCUT2D eigenvalue weighted by Crippen LogP contribution is -2.10. The lowest BCUT2D eigenvalue weighted by molar-refractivity contribution is 0.132. The van der Waals surface area contributed by atoms with Crippen molar-refractivity contribution < 1.29 is 5.11 Å². The fourth-order valence-electron chi connectivity index (χ4n) is 1.92. The molecule has 0 aliphatic rings. The number of hydrogen-bond donors (Lipinski definition) is 1. The molecule has 0 aromatic heterocycles. The summed E-state index contributed by atoms with van der Waals surface area (Å²) in [5.41, 5.74) is 0. The van der Waals surface area contributed by atoms with Gasteiger partial charge in [-0.15, -0.1) is 0 Å². The Morgan fingerprint density at radius 1 is 0.619 bits per heavy atom. The van der Waals surface area contributed by atoms with Crippen molar-refractivity contribution in [3.8, 4) is 0 Å². The van der Waals surface area contributed by atoms with Crippen molar-refractivity contribution in [2.75, 3.05) is 0 Å². The fourth-order valence-corrected chi connectivity index (χ4v) is 1.92. The summed E-state index contributed by atoms with van der Waals surface area (Å²) in [7, 11) is 0. The Morgan fingerprint density at radius 3 is 1.33 bits per heavy atom. The van der Waals surface area contributed by atoms with E-state index in [1.807, 2.05) is 0 Å². The van der Waals surface area contributed by atoms with E-state index in [0.717, 1.165) is 37.0 Å². The van der Waals surface area contributed by atoms with Gasteiger partial charge in [-0.05, 0) is 55.8 Å². The van der Waals surface area contributed by atoms with Crippen LogP contribution in [-0.2, 0) is 0 Å². The largest absolute Gasteiger partial charge is 0.393 e. The molecule has 0 aliphatic carbocycles. The van der Waals surface area contributed by atoms with Gasteiger partial charge in [-0.2, -0.15) is 0 Å². The molecule has 0 fully saturated rings. The molecule has 1 atom stereocenters. The SMILES string of the molecule is CC(C)CC=CCC(C)C.CC(C)CCC(O)CC(C)C. The summed E-state index contributed by atoms with van der Waals surface area (Å²) in [5.74, 6) is 2.96. The van der Waals surface area contributed by atoms with Crippen LogP contribution in [0.5, 0.6) is 0 Å². The predicted molar refractivity (Wildman–Crippen MR) is 97.6 cm³/mol. The van der Waals surface area contributed by atoms with E-state index in [1.54, 1.807) is 0 Å². The Hall–Kier alpha value is -0.300. The second kappa shape index (κ2) is 14.6. The van der Waals surface area contributed by atoms with E-state index >= 15 is 0 Å². The van der Waals surface area contributed by atoms with Crippen LogP contribution in [0.15, 0.2) is 12.2 Å². The van der Waals surface area contributed by atoms with Gasteiger partial charge < -0.3 is 5.11 Å². The van der Waals surface area contributed by atoms with Crippen LogP contribution in [0.1, 0.15) is 87.5 Å². The van der Waals surface area contributed by atoms with Crippen molar-refractivity contribution in [1.29, 1.82) is 0 Å². The van der Waals surface area contributed by atoms with E-state index < -0.39 is 0 Å². The summed E-state index contributed by atoms with van der Waals surface area (Å²) in [4.78, 5) is 0. The van der Waals surface area contributed by atoms with E-state index in [9.17, 15) is 5.11 Å². The number of allylic oxidation sites excluding steroid dienone is 2. The minimum atomic E-state index is -0.0719. The fraction of sp³-hybridized carbons (Fsp3) is 0.900. The predicted octanol–water partition coefficient (Wildman–Crippen LogP) is 6.46. The average Bonchev–Trinajstić information content (AvgIpc) is 2.32. The molecule has 0 aromatic rings. The van der Waals surface area contributed by atoms with Crippen LogP contribution in [-0.4, -0.2) is 11.2 Å². The number of rotatable bonds is 9. The van der Waals surface area contributed by atoms with Gasteiger partial charge in [-0.1, -0.05) is 67.5 Å². The molecule has 1 nitrogen and oxygen atoms in total. The van der Waals surface area contributed by atoms with E-state index in [1.165, 1.54) is 12.8 Å². The van der Waals surface area contributed by atoms with Crippen molar-refractivity contribution in [2.24, 2.45) is 23.7 Å². The quantitative estimate of drug-likeness (QED) is 0.484. The number of hydrogen-bond acceptors (Lipinski definition) is 1. The first-order valence-corrected chi connectivity index (χ1v) is 8.98. The summed E-state index contributed by atoms with van der Waals surface area (Å²) >= 11 is 0. The summed E-state index contributed by atoms with van der Waals surface area (Å²) in [5, 5.41) is 9.47. The molecule has 1 N–H and O–H groups in total. The zero-order chi connectivity index (χ0) is 16.8. The smallest absolute Gasteiger partial charge is 0.0542 e. The number of aliphatic hydroxyl groups is 1. The molecule has 0 rings (SSSR count). The molecule has 128 valence electrons. The summed E-state index contributed by atoms with van der Waals surface area (Å²) < 4.78 is 0. The van der Waals surface area contributed by atoms with Crippen LogP contribution >= 0.6 is 0 Å². The van der Waals surface area contributed by atoms with Gasteiger partial charge in [0.2, 0.25) is 0 Å². The van der Waals surface area contributed by atoms with E-state index in [2.05, 4.69) is 67.5 Å². The normalized spacial score (nSPS) is 13.4. The van der Waals surface area contributed by atoms with Gasteiger partial charge in [0.05, 0.1) is 6.10 Å². The zero-order valence-electron chi connectivity index (χ0n) is 16.0. The maximum absolute atomic E-state index is 9.47. The Labute approximate surface area is 135 Å². The highest BCUT2D eigenvalue weighted by Crippen LogP contribution is 2.12. The third-order valence-electron chi connectivity index (χ3n) is 3.20. The second-order valence-electron chi connectivity index (χ2n) is 7.99. The van der Waals surface area contributed by atoms with Crippen molar-refractivity contribution in [3.63, 3.8) is 0 Å². The summed E-state index contributed by atoms with van der Waals surface area (Å²) in [6.45, 7) is 17.7. The van der Waals surface area contributed by atoms with Gasteiger partial charge in [-0.3, -0.25) is 0 Å². The molecule has 0 saturated heterocycles. The van der Waals surface area contributed by atoms with E-state index in [-0.39, 0.29) is 6.10 Å². The summed E-state index contributed by atoms with van der Waals surface area (Å²) in [6, 6.07) is 0. The Morgan fingerprint density at radius 2 is 1.05 bits per heavy atom. The van der Waals surface area contributed by atoms with Crippen molar-refractivity contribution in [2.45, 2.75) is 93.6 Å². The first-order valence-electron chi connectivity index (χ1n) is 8.98. The van der Waals surface area contributed by atoms with Crippen LogP contribution in [0.4, 0.5) is 0 Å². The Kier molecular flexibility index (Phi) is 16.0. The van der Waals surface area contributed by atoms with Gasteiger partial charge in [0.25, 0.3) is 0 Å². The van der Waals surface area contributed by atoms with Gasteiger partial charge in [0, 0.05) is 0 Å². The van der Waals surface area contributed by atoms with Crippen LogP contribution < -0.4 is 0 Å². The molecule has 0 spiro atoms. The van der Waals surface area contributed by atoms with Crippen LogP contribution in [0.3, 0.4) is 0 Å². The Balaban J connectivity index is 0. The van der Waals surface area contributed by atoms with Gasteiger partial charge in [0.1, 0.15) is 0 Å². The van der Waals surface area contributed by atoms with Gasteiger partial charge >= 0.3 is 0 Å². The van der Waals surface area contributed by atoms with Gasteiger partial charge in [0.15, 0.2) is 0 Å². The molecule has 0 heterocycles. The monoisotopic (exact) mass is 298 g/mol. The molecule has 1 unspecified atom stereocenters. The molecule has 0 aromatic carbocycles. The standard InChI is InChI=1S/C10H22O.C10H20/c1-8(2)5-6-10(11)7-9(3)4;1-9(2)7-5-6-8-10(3)4/h8-11H,5-7H2,1-4H3;5-6,9-10H,7-8H2,1-4H3. The lowest BCUT2D eigenvalue weighted by Gasteiger charge is -2.13. The highest BCUT2D eigenvalue weighted by molar-refractivity contribution is 4.83. The lowest BCUT2D eigenvalue weighted by atomic mass is 9.99. The molecule has 21 heavy (non-hydrogen) atoms. The highest BCUT2D eigenvalue weighted by Gasteiger charge is 2.07. The molecule has 0 bridgehead atoms. The molecular weight excluding hydrogens is 256 g/mol. The van der Waals surface area contributed by atoms with Crippen molar-refractivity contribution >= 4 is 0 Å². The molecular formula is C20H42O. The van der Waals surface area contributed by atoms with E-state index in [0.29, 0.717) is 5.92 Å². The van der Waals surface area contributed by atoms with Crippen molar-refractivity contribution in [3.05, 3.63) is 12.2 Å². The maximum atomic E-state index is 9.47. The number of aliphatic hydroxyl groups excluding tert-OH is 1. The Bertz CT molecular complexity index is 214. The van der Waals surface area contributed by atoms with Crippen LogP contribution in [0, 0.1) is 23.7 Å². The molecule has 1 heteroatoms. The van der Waals surface area contributed by atoms with Crippen LogP contribution in [0.25, 0.3) is 0 Å². The summed E-state index contributed by atoms with van der Waals surface area (Å²) in [6.07, 6.45) is 10.0. The minimum absolute atomic E-state index is 0.0719. The second-order valence-corrected chi connectivity index (χ2v) is 7.99. The first kappa shape index (κ1) is 23.0. The molecule has 0 saturated carbocycles. The third-order valence-corrected chi connectivity index (χ3v) is 3.20. The van der Waals surface area contributed by atoms with Gasteiger partial charge in [-0.25, -0.2) is 0 Å². The topological polar surface area (TPSA) is 20.2 Å². The highest BCUT2D eigenvalue weighted by atomic mass is 16.3.